The molecule has 0 aliphatic heterocycles. The lowest BCUT2D eigenvalue weighted by Gasteiger charge is -2.09. The van der Waals surface area contributed by atoms with E-state index in [-0.39, 0.29) is 19.8 Å². The predicted octanol–water partition coefficient (Wildman–Crippen LogP) is 2.33. The zero-order valence-electron chi connectivity index (χ0n) is 13.3. The number of aliphatic hydroxyl groups is 4. The normalized spacial score (nSPS) is 11.2. The first kappa shape index (κ1) is 23.9. The van der Waals surface area contributed by atoms with Gasteiger partial charge in [0, 0.05) is 13.2 Å². The van der Waals surface area contributed by atoms with Crippen LogP contribution in [0.1, 0.15) is 66.2 Å². The maximum absolute atomic E-state index is 8.11. The van der Waals surface area contributed by atoms with Gasteiger partial charge < -0.3 is 20.4 Å². The second-order valence-electron chi connectivity index (χ2n) is 4.66. The molecule has 4 nitrogen and oxygen atoms in total. The van der Waals surface area contributed by atoms with E-state index < -0.39 is 6.10 Å². The van der Waals surface area contributed by atoms with Crippen molar-refractivity contribution >= 4 is 0 Å². The smallest absolute Gasteiger partial charge is 0.0742 e. The van der Waals surface area contributed by atoms with Crippen LogP contribution in [-0.4, -0.2) is 46.4 Å². The molecular formula is C15H36O4. The standard InChI is InChI=1S/C9H20.2C3H8O2/c1-4-7-8-9(5-2)6-3;1-3(5)2-4;4-2-1-3-5/h9H,4-8H2,1-3H3;3-5H,2H2,1H3;4-5H,1-3H2. The van der Waals surface area contributed by atoms with Gasteiger partial charge in [0.05, 0.1) is 12.7 Å². The van der Waals surface area contributed by atoms with Gasteiger partial charge in [0.25, 0.3) is 0 Å². The van der Waals surface area contributed by atoms with E-state index in [1.807, 2.05) is 0 Å². The molecule has 0 aromatic heterocycles. The topological polar surface area (TPSA) is 80.9 Å². The highest BCUT2D eigenvalue weighted by molar-refractivity contribution is 4.53. The van der Waals surface area contributed by atoms with E-state index in [1.165, 1.54) is 39.0 Å². The van der Waals surface area contributed by atoms with Gasteiger partial charge in [-0.1, -0.05) is 52.9 Å². The Morgan fingerprint density at radius 3 is 1.42 bits per heavy atom. The third kappa shape index (κ3) is 31.9. The molecule has 0 aliphatic carbocycles. The average Bonchev–Trinajstić information content (AvgIpc) is 2.42. The Balaban J connectivity index is -0.000000219. The van der Waals surface area contributed by atoms with Gasteiger partial charge in [-0.3, -0.25) is 0 Å². The van der Waals surface area contributed by atoms with Gasteiger partial charge in [-0.25, -0.2) is 0 Å². The van der Waals surface area contributed by atoms with Crippen LogP contribution in [0.2, 0.25) is 0 Å². The summed E-state index contributed by atoms with van der Waals surface area (Å²) in [5.41, 5.74) is 0. The van der Waals surface area contributed by atoms with Crippen molar-refractivity contribution < 1.29 is 20.4 Å². The largest absolute Gasteiger partial charge is 0.396 e. The van der Waals surface area contributed by atoms with E-state index in [9.17, 15) is 0 Å². The van der Waals surface area contributed by atoms with Crippen LogP contribution in [0.3, 0.4) is 0 Å². The number of hydrogen-bond donors (Lipinski definition) is 4. The lowest BCUT2D eigenvalue weighted by molar-refractivity contribution is 0.110. The van der Waals surface area contributed by atoms with Gasteiger partial charge in [-0.05, 0) is 19.3 Å². The van der Waals surface area contributed by atoms with Crippen LogP contribution >= 0.6 is 0 Å². The Bertz CT molecular complexity index is 123. The molecular weight excluding hydrogens is 244 g/mol. The Morgan fingerprint density at radius 1 is 0.842 bits per heavy atom. The monoisotopic (exact) mass is 280 g/mol. The maximum Gasteiger partial charge on any atom is 0.0742 e. The van der Waals surface area contributed by atoms with Crippen molar-refractivity contribution in [2.24, 2.45) is 5.92 Å². The first-order chi connectivity index (χ1) is 9.03. The van der Waals surface area contributed by atoms with Crippen LogP contribution in [0.5, 0.6) is 0 Å². The second-order valence-corrected chi connectivity index (χ2v) is 4.66. The second kappa shape index (κ2) is 23.0. The molecule has 0 fully saturated rings. The fraction of sp³-hybridized carbons (Fsp3) is 1.00. The van der Waals surface area contributed by atoms with Crippen LogP contribution in [0.15, 0.2) is 0 Å². The third-order valence-electron chi connectivity index (χ3n) is 2.70. The molecule has 4 N–H and O–H groups in total. The summed E-state index contributed by atoms with van der Waals surface area (Å²) >= 11 is 0. The van der Waals surface area contributed by atoms with Gasteiger partial charge in [0.2, 0.25) is 0 Å². The fourth-order valence-electron chi connectivity index (χ4n) is 1.26. The van der Waals surface area contributed by atoms with Crippen LogP contribution < -0.4 is 0 Å². The zero-order chi connectivity index (χ0) is 15.5. The minimum atomic E-state index is -0.560. The molecule has 0 saturated carbocycles. The predicted molar refractivity (Wildman–Crippen MR) is 81.2 cm³/mol. The Hall–Kier alpha value is -0.160. The number of rotatable bonds is 8. The minimum absolute atomic E-state index is 0.0938. The van der Waals surface area contributed by atoms with Gasteiger partial charge in [0.1, 0.15) is 0 Å². The molecule has 0 rings (SSSR count). The highest BCUT2D eigenvalue weighted by Crippen LogP contribution is 2.15. The third-order valence-corrected chi connectivity index (χ3v) is 2.70. The minimum Gasteiger partial charge on any atom is -0.396 e. The first-order valence-electron chi connectivity index (χ1n) is 7.54. The van der Waals surface area contributed by atoms with Crippen molar-refractivity contribution in [1.29, 1.82) is 0 Å². The van der Waals surface area contributed by atoms with E-state index in [2.05, 4.69) is 20.8 Å². The first-order valence-corrected chi connectivity index (χ1v) is 7.54. The van der Waals surface area contributed by atoms with Gasteiger partial charge in [0.15, 0.2) is 0 Å². The van der Waals surface area contributed by atoms with Crippen molar-refractivity contribution in [3.63, 3.8) is 0 Å². The van der Waals surface area contributed by atoms with Crippen molar-refractivity contribution in [3.8, 4) is 0 Å². The van der Waals surface area contributed by atoms with E-state index in [0.717, 1.165) is 5.92 Å². The quantitative estimate of drug-likeness (QED) is 0.550. The Kier molecular flexibility index (Phi) is 28.9. The van der Waals surface area contributed by atoms with Crippen LogP contribution in [0.4, 0.5) is 0 Å². The molecule has 0 heterocycles. The summed E-state index contributed by atoms with van der Waals surface area (Å²) in [6, 6.07) is 0. The van der Waals surface area contributed by atoms with E-state index in [0.29, 0.717) is 6.42 Å². The highest BCUT2D eigenvalue weighted by atomic mass is 16.3. The molecule has 0 bridgehead atoms. The highest BCUT2D eigenvalue weighted by Gasteiger charge is 2.00. The van der Waals surface area contributed by atoms with Crippen LogP contribution in [0.25, 0.3) is 0 Å². The van der Waals surface area contributed by atoms with Crippen molar-refractivity contribution in [1.82, 2.24) is 0 Å². The average molecular weight is 280 g/mol. The summed E-state index contributed by atoms with van der Waals surface area (Å²) in [6.45, 7) is 8.43. The molecule has 4 heteroatoms. The lowest BCUT2D eigenvalue weighted by atomic mass is 9.97. The summed E-state index contributed by atoms with van der Waals surface area (Å²) in [7, 11) is 0. The van der Waals surface area contributed by atoms with Gasteiger partial charge >= 0.3 is 0 Å². The molecule has 120 valence electrons. The van der Waals surface area contributed by atoms with Gasteiger partial charge in [-0.15, -0.1) is 0 Å². The summed E-state index contributed by atoms with van der Waals surface area (Å²) in [5, 5.41) is 31.8. The lowest BCUT2D eigenvalue weighted by Crippen LogP contribution is -2.03. The molecule has 0 spiro atoms. The SMILES string of the molecule is CC(O)CO.CCCCC(CC)CC.OCCCO. The van der Waals surface area contributed by atoms with Crippen molar-refractivity contribution in [2.45, 2.75) is 72.3 Å². The maximum atomic E-state index is 8.11. The van der Waals surface area contributed by atoms with Crippen LogP contribution in [0, 0.1) is 5.92 Å². The molecule has 19 heavy (non-hydrogen) atoms. The van der Waals surface area contributed by atoms with E-state index >= 15 is 0 Å². The molecule has 0 saturated heterocycles. The Labute approximate surface area is 119 Å². The molecule has 0 aromatic carbocycles. The fourth-order valence-corrected chi connectivity index (χ4v) is 1.26. The number of aliphatic hydroxyl groups excluding tert-OH is 4. The van der Waals surface area contributed by atoms with Crippen molar-refractivity contribution in [2.75, 3.05) is 19.8 Å². The summed E-state index contributed by atoms with van der Waals surface area (Å²) in [5.74, 6) is 1.00. The Morgan fingerprint density at radius 2 is 1.26 bits per heavy atom. The van der Waals surface area contributed by atoms with E-state index in [4.69, 9.17) is 20.4 Å². The molecule has 0 radical (unpaired) electrons. The molecule has 1 atom stereocenters. The molecule has 0 aromatic rings. The summed E-state index contributed by atoms with van der Waals surface area (Å²) in [4.78, 5) is 0. The van der Waals surface area contributed by atoms with Crippen LogP contribution in [-0.2, 0) is 0 Å². The summed E-state index contributed by atoms with van der Waals surface area (Å²) in [6.07, 6.45) is 6.91. The van der Waals surface area contributed by atoms with E-state index in [1.54, 1.807) is 0 Å². The molecule has 0 amide bonds. The molecule has 0 aliphatic rings. The zero-order valence-corrected chi connectivity index (χ0v) is 13.3. The van der Waals surface area contributed by atoms with Crippen molar-refractivity contribution in [3.05, 3.63) is 0 Å². The number of unbranched alkanes of at least 4 members (excludes halogenated alkanes) is 1. The van der Waals surface area contributed by atoms with Gasteiger partial charge in [-0.2, -0.15) is 0 Å². The molecule has 1 unspecified atom stereocenters. The number of hydrogen-bond acceptors (Lipinski definition) is 4. The summed E-state index contributed by atoms with van der Waals surface area (Å²) < 4.78 is 0.